The predicted octanol–water partition coefficient (Wildman–Crippen LogP) is 3.42. The molecule has 174 valence electrons. The molecule has 0 radical (unpaired) electrons. The molecule has 1 aromatic heterocycles. The van der Waals surface area contributed by atoms with Crippen molar-refractivity contribution >= 4 is 27.4 Å². The molecule has 1 saturated heterocycles. The van der Waals surface area contributed by atoms with Crippen molar-refractivity contribution in [2.75, 3.05) is 35.8 Å². The topological polar surface area (TPSA) is 106 Å². The molecule has 1 N–H and O–H groups in total. The summed E-state index contributed by atoms with van der Waals surface area (Å²) in [4.78, 5) is 21.3. The first-order chi connectivity index (χ1) is 16.4. The van der Waals surface area contributed by atoms with Crippen LogP contribution in [0.4, 0.5) is 11.5 Å². The zero-order chi connectivity index (χ0) is 24.1. The molecule has 1 aliphatic rings. The highest BCUT2D eigenvalue weighted by molar-refractivity contribution is 7.92. The fraction of sp³-hybridized carbons (Fsp3) is 0.240. The van der Waals surface area contributed by atoms with Gasteiger partial charge in [-0.25, -0.2) is 13.4 Å². The number of hydrogen-bond donors (Lipinski definition) is 1. The fourth-order valence-corrected chi connectivity index (χ4v) is 4.99. The molecule has 34 heavy (non-hydrogen) atoms. The Labute approximate surface area is 199 Å². The summed E-state index contributed by atoms with van der Waals surface area (Å²) in [6, 6.07) is 18.8. The summed E-state index contributed by atoms with van der Waals surface area (Å²) in [5, 5.41) is 9.37. The van der Waals surface area contributed by atoms with Gasteiger partial charge in [0, 0.05) is 43.6 Å². The average molecular weight is 476 g/mol. The molecule has 0 atom stereocenters. The summed E-state index contributed by atoms with van der Waals surface area (Å²) in [5.41, 5.74) is 2.30. The molecule has 0 spiro atoms. The van der Waals surface area contributed by atoms with Crippen molar-refractivity contribution in [2.24, 2.45) is 0 Å². The van der Waals surface area contributed by atoms with Crippen LogP contribution in [0.5, 0.6) is 0 Å². The molecule has 8 nitrogen and oxygen atoms in total. The van der Waals surface area contributed by atoms with Crippen molar-refractivity contribution in [3.8, 4) is 6.07 Å². The Bertz CT molecular complexity index is 1330. The minimum absolute atomic E-state index is 0.0301. The van der Waals surface area contributed by atoms with Crippen LogP contribution in [0.25, 0.3) is 0 Å². The number of carbonyl (C=O) groups is 1. The Balaban J connectivity index is 1.49. The van der Waals surface area contributed by atoms with E-state index in [0.717, 1.165) is 5.56 Å². The van der Waals surface area contributed by atoms with Gasteiger partial charge in [0.05, 0.1) is 10.5 Å². The van der Waals surface area contributed by atoms with E-state index < -0.39 is 10.0 Å². The zero-order valence-corrected chi connectivity index (χ0v) is 19.6. The summed E-state index contributed by atoms with van der Waals surface area (Å²) in [6.45, 7) is 4.10. The van der Waals surface area contributed by atoms with Gasteiger partial charge >= 0.3 is 0 Å². The Morgan fingerprint density at radius 3 is 2.59 bits per heavy atom. The van der Waals surface area contributed by atoms with E-state index in [4.69, 9.17) is 0 Å². The third-order valence-electron chi connectivity index (χ3n) is 5.68. The number of aromatic nitrogens is 1. The predicted molar refractivity (Wildman–Crippen MR) is 130 cm³/mol. The standard InChI is InChI=1S/C25H25N5O3S/c1-19-8-10-22(11-9-19)28-34(32,33)23-7-2-5-20(17-23)25(31)30-14-4-13-29(15-16-30)24-21(18-26)6-3-12-27-24/h2-3,5-12,17,28H,4,13-16H2,1H3. The van der Waals surface area contributed by atoms with E-state index in [2.05, 4.69) is 15.8 Å². The van der Waals surface area contributed by atoms with Gasteiger partial charge in [-0.1, -0.05) is 23.8 Å². The Kier molecular flexibility index (Phi) is 6.80. The van der Waals surface area contributed by atoms with E-state index in [1.54, 1.807) is 47.5 Å². The largest absolute Gasteiger partial charge is 0.354 e. The molecule has 3 aromatic rings. The molecule has 9 heteroatoms. The smallest absolute Gasteiger partial charge is 0.261 e. The summed E-state index contributed by atoms with van der Waals surface area (Å²) in [6.07, 6.45) is 2.36. The lowest BCUT2D eigenvalue weighted by Gasteiger charge is -2.23. The van der Waals surface area contributed by atoms with Crippen LogP contribution in [0.1, 0.15) is 27.9 Å². The van der Waals surface area contributed by atoms with Gasteiger partial charge in [-0.15, -0.1) is 0 Å². The lowest BCUT2D eigenvalue weighted by Crippen LogP contribution is -2.35. The van der Waals surface area contributed by atoms with Crippen molar-refractivity contribution in [1.82, 2.24) is 9.88 Å². The van der Waals surface area contributed by atoms with Crippen LogP contribution in [0.3, 0.4) is 0 Å². The van der Waals surface area contributed by atoms with Crippen LogP contribution >= 0.6 is 0 Å². The van der Waals surface area contributed by atoms with E-state index in [1.165, 1.54) is 12.1 Å². The molecular formula is C25H25N5O3S. The highest BCUT2D eigenvalue weighted by Crippen LogP contribution is 2.21. The molecule has 1 fully saturated rings. The zero-order valence-electron chi connectivity index (χ0n) is 18.8. The fourth-order valence-electron chi connectivity index (χ4n) is 3.88. The molecular weight excluding hydrogens is 450 g/mol. The van der Waals surface area contributed by atoms with Crippen LogP contribution < -0.4 is 9.62 Å². The lowest BCUT2D eigenvalue weighted by atomic mass is 10.2. The number of rotatable bonds is 5. The molecule has 0 unspecified atom stereocenters. The lowest BCUT2D eigenvalue weighted by molar-refractivity contribution is 0.0766. The van der Waals surface area contributed by atoms with E-state index >= 15 is 0 Å². The van der Waals surface area contributed by atoms with Crippen molar-refractivity contribution in [1.29, 1.82) is 5.26 Å². The van der Waals surface area contributed by atoms with E-state index in [1.807, 2.05) is 24.0 Å². The van der Waals surface area contributed by atoms with Crippen LogP contribution in [0.15, 0.2) is 71.8 Å². The average Bonchev–Trinajstić information content (AvgIpc) is 3.11. The van der Waals surface area contributed by atoms with Gasteiger partial charge in [0.2, 0.25) is 0 Å². The second-order valence-corrected chi connectivity index (χ2v) is 9.80. The highest BCUT2D eigenvalue weighted by Gasteiger charge is 2.24. The van der Waals surface area contributed by atoms with E-state index in [9.17, 15) is 18.5 Å². The monoisotopic (exact) mass is 475 g/mol. The molecule has 1 aliphatic heterocycles. The minimum Gasteiger partial charge on any atom is -0.354 e. The summed E-state index contributed by atoms with van der Waals surface area (Å²) >= 11 is 0. The van der Waals surface area contributed by atoms with Gasteiger partial charge in [0.25, 0.3) is 15.9 Å². The number of hydrogen-bond acceptors (Lipinski definition) is 6. The van der Waals surface area contributed by atoms with Crippen LogP contribution in [0, 0.1) is 18.3 Å². The van der Waals surface area contributed by atoms with Gasteiger partial charge in [-0.05, 0) is 55.8 Å². The van der Waals surface area contributed by atoms with Gasteiger partial charge in [-0.3, -0.25) is 9.52 Å². The second kappa shape index (κ2) is 9.93. The summed E-state index contributed by atoms with van der Waals surface area (Å²) < 4.78 is 28.3. The first-order valence-electron chi connectivity index (χ1n) is 11.0. The molecule has 1 amide bonds. The number of nitrogens with one attached hydrogen (secondary N) is 1. The Morgan fingerprint density at radius 1 is 1.03 bits per heavy atom. The van der Waals surface area contributed by atoms with Crippen LogP contribution in [-0.2, 0) is 10.0 Å². The Hall–Kier alpha value is -3.90. The third-order valence-corrected chi connectivity index (χ3v) is 7.06. The van der Waals surface area contributed by atoms with Crippen LogP contribution in [-0.4, -0.2) is 50.4 Å². The highest BCUT2D eigenvalue weighted by atomic mass is 32.2. The quantitative estimate of drug-likeness (QED) is 0.606. The molecule has 4 rings (SSSR count). The summed E-state index contributed by atoms with van der Waals surface area (Å²) in [5.74, 6) is 0.394. The molecule has 0 bridgehead atoms. The summed E-state index contributed by atoms with van der Waals surface area (Å²) in [7, 11) is -3.84. The maximum Gasteiger partial charge on any atom is 0.261 e. The maximum absolute atomic E-state index is 13.2. The number of nitrogens with zero attached hydrogens (tertiary/aromatic N) is 4. The van der Waals surface area contributed by atoms with Gasteiger partial charge in [-0.2, -0.15) is 5.26 Å². The van der Waals surface area contributed by atoms with Crippen LogP contribution in [0.2, 0.25) is 0 Å². The first-order valence-corrected chi connectivity index (χ1v) is 12.4. The van der Waals surface area contributed by atoms with Crippen molar-refractivity contribution in [3.05, 3.63) is 83.6 Å². The van der Waals surface area contributed by atoms with Gasteiger partial charge in [0.1, 0.15) is 11.9 Å². The van der Waals surface area contributed by atoms with E-state index in [0.29, 0.717) is 55.2 Å². The molecule has 0 saturated carbocycles. The number of aryl methyl sites for hydroxylation is 1. The second-order valence-electron chi connectivity index (χ2n) is 8.12. The number of carbonyl (C=O) groups excluding carboxylic acids is 1. The number of pyridine rings is 1. The third kappa shape index (κ3) is 5.18. The molecule has 2 heterocycles. The first kappa shape index (κ1) is 23.3. The number of nitriles is 1. The van der Waals surface area contributed by atoms with Gasteiger partial charge < -0.3 is 9.80 Å². The van der Waals surface area contributed by atoms with Gasteiger partial charge in [0.15, 0.2) is 0 Å². The normalized spacial score (nSPS) is 14.2. The maximum atomic E-state index is 13.2. The number of anilines is 2. The minimum atomic E-state index is -3.84. The number of amides is 1. The van der Waals surface area contributed by atoms with Crippen molar-refractivity contribution in [2.45, 2.75) is 18.2 Å². The number of sulfonamides is 1. The van der Waals surface area contributed by atoms with E-state index in [-0.39, 0.29) is 10.8 Å². The van der Waals surface area contributed by atoms with Crippen molar-refractivity contribution in [3.63, 3.8) is 0 Å². The van der Waals surface area contributed by atoms with Crippen molar-refractivity contribution < 1.29 is 13.2 Å². The molecule has 0 aliphatic carbocycles. The molecule has 2 aromatic carbocycles. The SMILES string of the molecule is Cc1ccc(NS(=O)(=O)c2cccc(C(=O)N3CCCN(c4ncccc4C#N)CC3)c2)cc1. The number of benzene rings is 2. The Morgan fingerprint density at radius 2 is 1.82 bits per heavy atom.